The van der Waals surface area contributed by atoms with Gasteiger partial charge in [0.05, 0.1) is 4.47 Å². The third-order valence-corrected chi connectivity index (χ3v) is 4.68. The molecule has 2 rings (SSSR count). The second kappa shape index (κ2) is 6.34. The van der Waals surface area contributed by atoms with E-state index in [2.05, 4.69) is 37.8 Å². The molecule has 0 spiro atoms. The smallest absolute Gasteiger partial charge is 0.251 e. The lowest BCUT2D eigenvalue weighted by Gasteiger charge is -2.06. The van der Waals surface area contributed by atoms with Crippen LogP contribution < -0.4 is 5.56 Å². The first-order valence-electron chi connectivity index (χ1n) is 5.99. The molecule has 0 aliphatic rings. The van der Waals surface area contributed by atoms with Gasteiger partial charge in [0.15, 0.2) is 5.16 Å². The first-order chi connectivity index (χ1) is 9.10. The summed E-state index contributed by atoms with van der Waals surface area (Å²) < 4.78 is 0.934. The molecular weight excluding hydrogens is 326 g/mol. The first kappa shape index (κ1) is 14.3. The van der Waals surface area contributed by atoms with E-state index in [1.54, 1.807) is 12.3 Å². The van der Waals surface area contributed by atoms with Crippen LogP contribution in [-0.4, -0.2) is 15.0 Å². The topological polar surface area (TPSA) is 58.6 Å². The van der Waals surface area contributed by atoms with Crippen LogP contribution in [0.25, 0.3) is 0 Å². The van der Waals surface area contributed by atoms with Crippen LogP contribution in [0.3, 0.4) is 0 Å². The highest BCUT2D eigenvalue weighted by Crippen LogP contribution is 2.31. The third-order valence-electron chi connectivity index (χ3n) is 2.52. The van der Waals surface area contributed by atoms with Crippen LogP contribution in [-0.2, 0) is 6.42 Å². The summed E-state index contributed by atoms with van der Waals surface area (Å²) in [5.74, 6) is 0. The normalized spacial score (nSPS) is 10.7. The number of aryl methyl sites for hydroxylation is 2. The van der Waals surface area contributed by atoms with Gasteiger partial charge in [0, 0.05) is 18.0 Å². The van der Waals surface area contributed by atoms with E-state index in [0.29, 0.717) is 5.16 Å². The minimum absolute atomic E-state index is 0.121. The van der Waals surface area contributed by atoms with Gasteiger partial charge in [0.2, 0.25) is 0 Å². The molecule has 6 heteroatoms. The summed E-state index contributed by atoms with van der Waals surface area (Å²) in [5, 5.41) is 1.38. The average Bonchev–Trinajstić information content (AvgIpc) is 2.35. The van der Waals surface area contributed by atoms with Gasteiger partial charge < -0.3 is 4.98 Å². The van der Waals surface area contributed by atoms with Gasteiger partial charge in [-0.3, -0.25) is 4.79 Å². The number of aromatic amines is 1. The SMILES string of the molecule is CCCc1cc(=O)[nH]c(Sc2nccc(C)c2Br)n1. The van der Waals surface area contributed by atoms with E-state index in [4.69, 9.17) is 0 Å². The standard InChI is InChI=1S/C13H14BrN3OS/c1-3-4-9-7-10(18)17-13(16-9)19-12-11(14)8(2)5-6-15-12/h5-7H,3-4H2,1-2H3,(H,16,17,18). The van der Waals surface area contributed by atoms with Gasteiger partial charge in [-0.1, -0.05) is 13.3 Å². The van der Waals surface area contributed by atoms with E-state index in [1.807, 2.05) is 13.0 Å². The van der Waals surface area contributed by atoms with Gasteiger partial charge >= 0.3 is 0 Å². The van der Waals surface area contributed by atoms with E-state index in [9.17, 15) is 4.79 Å². The summed E-state index contributed by atoms with van der Waals surface area (Å²) in [6.07, 6.45) is 3.52. The van der Waals surface area contributed by atoms with Crippen LogP contribution in [0, 0.1) is 6.92 Å². The lowest BCUT2D eigenvalue weighted by molar-refractivity contribution is 0.814. The highest BCUT2D eigenvalue weighted by Gasteiger charge is 2.09. The number of rotatable bonds is 4. The Morgan fingerprint density at radius 2 is 2.26 bits per heavy atom. The Balaban J connectivity index is 2.32. The van der Waals surface area contributed by atoms with Crippen molar-refractivity contribution in [1.82, 2.24) is 15.0 Å². The minimum atomic E-state index is -0.121. The maximum absolute atomic E-state index is 11.6. The van der Waals surface area contributed by atoms with E-state index >= 15 is 0 Å². The molecular formula is C13H14BrN3OS. The summed E-state index contributed by atoms with van der Waals surface area (Å²) >= 11 is 4.86. The van der Waals surface area contributed by atoms with Crippen molar-refractivity contribution in [2.75, 3.05) is 0 Å². The molecule has 0 atom stereocenters. The van der Waals surface area contributed by atoms with E-state index in [1.165, 1.54) is 11.8 Å². The number of hydrogen-bond donors (Lipinski definition) is 1. The Bertz CT molecular complexity index is 642. The summed E-state index contributed by atoms with van der Waals surface area (Å²) in [6, 6.07) is 3.48. The van der Waals surface area contributed by atoms with Gasteiger partial charge in [-0.25, -0.2) is 9.97 Å². The number of pyridine rings is 1. The number of halogens is 1. The highest BCUT2D eigenvalue weighted by atomic mass is 79.9. The molecule has 4 nitrogen and oxygen atoms in total. The third kappa shape index (κ3) is 3.67. The molecule has 0 radical (unpaired) electrons. The Labute approximate surface area is 124 Å². The van der Waals surface area contributed by atoms with Crippen molar-refractivity contribution in [1.29, 1.82) is 0 Å². The Kier molecular flexibility index (Phi) is 4.76. The maximum Gasteiger partial charge on any atom is 0.251 e. The van der Waals surface area contributed by atoms with E-state index in [0.717, 1.165) is 33.6 Å². The van der Waals surface area contributed by atoms with Crippen molar-refractivity contribution in [3.05, 3.63) is 44.4 Å². The van der Waals surface area contributed by atoms with Gasteiger partial charge in [-0.15, -0.1) is 0 Å². The van der Waals surface area contributed by atoms with Gasteiger partial charge in [0.25, 0.3) is 5.56 Å². The van der Waals surface area contributed by atoms with E-state index < -0.39 is 0 Å². The number of nitrogens with zero attached hydrogens (tertiary/aromatic N) is 2. The molecule has 0 unspecified atom stereocenters. The molecule has 0 saturated carbocycles. The summed E-state index contributed by atoms with van der Waals surface area (Å²) in [6.45, 7) is 4.06. The number of aromatic nitrogens is 3. The van der Waals surface area contributed by atoms with Crippen LogP contribution in [0.2, 0.25) is 0 Å². The van der Waals surface area contributed by atoms with Gasteiger partial charge in [0.1, 0.15) is 5.03 Å². The van der Waals surface area contributed by atoms with Crippen molar-refractivity contribution in [3.63, 3.8) is 0 Å². The number of nitrogens with one attached hydrogen (secondary N) is 1. The second-order valence-corrected chi connectivity index (χ2v) is 5.91. The fourth-order valence-corrected chi connectivity index (χ4v) is 2.93. The van der Waals surface area contributed by atoms with Crippen LogP contribution in [0.4, 0.5) is 0 Å². The molecule has 19 heavy (non-hydrogen) atoms. The first-order valence-corrected chi connectivity index (χ1v) is 7.60. The summed E-state index contributed by atoms with van der Waals surface area (Å²) in [5.41, 5.74) is 1.80. The van der Waals surface area contributed by atoms with Crippen molar-refractivity contribution in [2.45, 2.75) is 36.9 Å². The molecule has 0 aliphatic carbocycles. The molecule has 0 bridgehead atoms. The van der Waals surface area contributed by atoms with Crippen molar-refractivity contribution in [3.8, 4) is 0 Å². The zero-order chi connectivity index (χ0) is 13.8. The highest BCUT2D eigenvalue weighted by molar-refractivity contribution is 9.10. The molecule has 2 heterocycles. The number of hydrogen-bond acceptors (Lipinski definition) is 4. The average molecular weight is 340 g/mol. The molecule has 0 fully saturated rings. The molecule has 0 amide bonds. The van der Waals surface area contributed by atoms with Gasteiger partial charge in [-0.2, -0.15) is 0 Å². The zero-order valence-corrected chi connectivity index (χ0v) is 13.1. The minimum Gasteiger partial charge on any atom is -0.301 e. The largest absolute Gasteiger partial charge is 0.301 e. The van der Waals surface area contributed by atoms with Crippen LogP contribution in [0.1, 0.15) is 24.6 Å². The van der Waals surface area contributed by atoms with Crippen molar-refractivity contribution < 1.29 is 0 Å². The maximum atomic E-state index is 11.6. The summed E-state index contributed by atoms with van der Waals surface area (Å²) in [4.78, 5) is 23.1. The van der Waals surface area contributed by atoms with Crippen LogP contribution in [0.15, 0.2) is 37.8 Å². The fourth-order valence-electron chi connectivity index (χ4n) is 1.59. The lowest BCUT2D eigenvalue weighted by atomic mass is 10.2. The molecule has 2 aromatic heterocycles. The molecule has 0 aliphatic heterocycles. The predicted molar refractivity (Wildman–Crippen MR) is 79.6 cm³/mol. The van der Waals surface area contributed by atoms with Gasteiger partial charge in [-0.05, 0) is 52.7 Å². The zero-order valence-electron chi connectivity index (χ0n) is 10.7. The molecule has 0 aromatic carbocycles. The Morgan fingerprint density at radius 3 is 3.00 bits per heavy atom. The van der Waals surface area contributed by atoms with E-state index in [-0.39, 0.29) is 5.56 Å². The van der Waals surface area contributed by atoms with Crippen molar-refractivity contribution >= 4 is 27.7 Å². The monoisotopic (exact) mass is 339 g/mol. The molecule has 2 aromatic rings. The molecule has 100 valence electrons. The van der Waals surface area contributed by atoms with Crippen LogP contribution >= 0.6 is 27.7 Å². The number of H-pyrrole nitrogens is 1. The van der Waals surface area contributed by atoms with Crippen LogP contribution in [0.5, 0.6) is 0 Å². The Morgan fingerprint density at radius 1 is 1.47 bits per heavy atom. The Hall–Kier alpha value is -1.14. The lowest BCUT2D eigenvalue weighted by Crippen LogP contribution is -2.10. The second-order valence-electron chi connectivity index (χ2n) is 4.14. The summed E-state index contributed by atoms with van der Waals surface area (Å²) in [7, 11) is 0. The van der Waals surface area contributed by atoms with Crippen molar-refractivity contribution in [2.24, 2.45) is 0 Å². The molecule has 1 N–H and O–H groups in total. The molecule has 0 saturated heterocycles. The fraction of sp³-hybridized carbons (Fsp3) is 0.308. The predicted octanol–water partition coefficient (Wildman–Crippen LogP) is 3.34. The quantitative estimate of drug-likeness (QED) is 0.868.